The number of ether oxygens (including phenoxy) is 1. The first kappa shape index (κ1) is 20.7. The van der Waals surface area contributed by atoms with Gasteiger partial charge in [0, 0.05) is 22.6 Å². The largest absolute Gasteiger partial charge is 0.383 e. The second-order valence-electron chi connectivity index (χ2n) is 7.30. The molecule has 0 radical (unpaired) electrons. The van der Waals surface area contributed by atoms with Gasteiger partial charge in [0.1, 0.15) is 10.7 Å². The van der Waals surface area contributed by atoms with Gasteiger partial charge in [0.2, 0.25) is 0 Å². The molecular formula is C21H20ClN5O2S2. The van der Waals surface area contributed by atoms with Crippen molar-refractivity contribution in [2.24, 2.45) is 0 Å². The molecule has 0 saturated carbocycles. The lowest BCUT2D eigenvalue weighted by Crippen LogP contribution is -2.12. The highest BCUT2D eigenvalue weighted by Gasteiger charge is 2.21. The molecule has 0 saturated heterocycles. The molecule has 0 aliphatic heterocycles. The minimum atomic E-state index is -0.0392. The number of rotatable bonds is 7. The highest BCUT2D eigenvalue weighted by atomic mass is 35.5. The van der Waals surface area contributed by atoms with E-state index in [0.29, 0.717) is 29.8 Å². The molecule has 5 rings (SSSR count). The molecule has 0 amide bonds. The molecule has 0 spiro atoms. The Morgan fingerprint density at radius 1 is 1.26 bits per heavy atom. The number of aromatic nitrogens is 5. The van der Waals surface area contributed by atoms with Gasteiger partial charge >= 0.3 is 0 Å². The van der Waals surface area contributed by atoms with Crippen molar-refractivity contribution in [3.63, 3.8) is 0 Å². The Kier molecular flexibility index (Phi) is 5.83. The van der Waals surface area contributed by atoms with E-state index in [1.54, 1.807) is 18.4 Å². The van der Waals surface area contributed by atoms with E-state index < -0.39 is 0 Å². The second kappa shape index (κ2) is 8.74. The number of aryl methyl sites for hydroxylation is 2. The van der Waals surface area contributed by atoms with Crippen LogP contribution in [0.15, 0.2) is 34.2 Å². The van der Waals surface area contributed by atoms with Gasteiger partial charge in [0.15, 0.2) is 11.0 Å². The molecule has 31 heavy (non-hydrogen) atoms. The quantitative estimate of drug-likeness (QED) is 0.402. The maximum absolute atomic E-state index is 12.7. The van der Waals surface area contributed by atoms with Crippen LogP contribution in [0, 0.1) is 0 Å². The summed E-state index contributed by atoms with van der Waals surface area (Å²) in [6, 6.07) is 7.52. The topological polar surface area (TPSA) is 85.7 Å². The van der Waals surface area contributed by atoms with Gasteiger partial charge in [-0.15, -0.1) is 21.5 Å². The van der Waals surface area contributed by atoms with Crippen molar-refractivity contribution in [3.05, 3.63) is 55.9 Å². The fraction of sp³-hybridized carbons (Fsp3) is 0.333. The zero-order valence-corrected chi connectivity index (χ0v) is 19.2. The molecule has 0 unspecified atom stereocenters. The van der Waals surface area contributed by atoms with Crippen molar-refractivity contribution >= 4 is 44.9 Å². The number of fused-ring (bicyclic) bond motifs is 3. The van der Waals surface area contributed by atoms with E-state index in [2.05, 4.69) is 15.2 Å². The third-order valence-corrected chi connectivity index (χ3v) is 7.72. The normalized spacial score (nSPS) is 13.2. The number of nitrogens with one attached hydrogen (secondary N) is 1. The number of H-pyrrole nitrogens is 1. The van der Waals surface area contributed by atoms with E-state index >= 15 is 0 Å². The lowest BCUT2D eigenvalue weighted by Gasteiger charge is -2.09. The van der Waals surface area contributed by atoms with Crippen LogP contribution in [-0.4, -0.2) is 38.4 Å². The maximum Gasteiger partial charge on any atom is 0.259 e. The zero-order valence-electron chi connectivity index (χ0n) is 16.9. The summed E-state index contributed by atoms with van der Waals surface area (Å²) in [4.78, 5) is 22.5. The first-order chi connectivity index (χ1) is 15.1. The number of thiophene rings is 1. The van der Waals surface area contributed by atoms with Crippen LogP contribution in [0.1, 0.15) is 22.7 Å². The average Bonchev–Trinajstić information content (AvgIpc) is 3.45. The first-order valence-corrected chi connectivity index (χ1v) is 12.2. The Balaban J connectivity index is 1.42. The molecular weight excluding hydrogens is 454 g/mol. The summed E-state index contributed by atoms with van der Waals surface area (Å²) in [5, 5.41) is 11.0. The predicted molar refractivity (Wildman–Crippen MR) is 124 cm³/mol. The number of halogens is 1. The van der Waals surface area contributed by atoms with Gasteiger partial charge in [-0.05, 0) is 49.1 Å². The average molecular weight is 474 g/mol. The van der Waals surface area contributed by atoms with Gasteiger partial charge < -0.3 is 9.72 Å². The Morgan fingerprint density at radius 2 is 2.10 bits per heavy atom. The third-order valence-electron chi connectivity index (χ3n) is 5.30. The van der Waals surface area contributed by atoms with Crippen molar-refractivity contribution < 1.29 is 4.74 Å². The smallest absolute Gasteiger partial charge is 0.259 e. The molecule has 7 nitrogen and oxygen atoms in total. The van der Waals surface area contributed by atoms with Crippen LogP contribution < -0.4 is 5.56 Å². The number of aromatic amines is 1. The van der Waals surface area contributed by atoms with Crippen molar-refractivity contribution in [1.29, 1.82) is 0 Å². The molecule has 4 aromatic rings. The fourth-order valence-electron chi connectivity index (χ4n) is 3.84. The van der Waals surface area contributed by atoms with E-state index in [9.17, 15) is 4.79 Å². The zero-order chi connectivity index (χ0) is 21.4. The predicted octanol–water partition coefficient (Wildman–Crippen LogP) is 4.32. The monoisotopic (exact) mass is 473 g/mol. The SMILES string of the molecule is COCCn1c(SCc2nc3sc4c(c3c(=O)[nH]2)CCC4)nnc1-c1ccc(Cl)cc1. The minimum Gasteiger partial charge on any atom is -0.383 e. The molecule has 1 aliphatic carbocycles. The lowest BCUT2D eigenvalue weighted by atomic mass is 10.2. The van der Waals surface area contributed by atoms with Crippen LogP contribution in [0.4, 0.5) is 0 Å². The molecule has 3 heterocycles. The number of nitrogens with zero attached hydrogens (tertiary/aromatic N) is 4. The van der Waals surface area contributed by atoms with Crippen LogP contribution >= 0.6 is 34.7 Å². The van der Waals surface area contributed by atoms with Crippen LogP contribution in [0.3, 0.4) is 0 Å². The Hall–Kier alpha value is -2.20. The summed E-state index contributed by atoms with van der Waals surface area (Å²) < 4.78 is 7.29. The van der Waals surface area contributed by atoms with Crippen LogP contribution in [0.2, 0.25) is 5.02 Å². The maximum atomic E-state index is 12.7. The second-order valence-corrected chi connectivity index (χ2v) is 9.76. The lowest BCUT2D eigenvalue weighted by molar-refractivity contribution is 0.185. The third kappa shape index (κ3) is 4.03. The number of thioether (sulfide) groups is 1. The van der Waals surface area contributed by atoms with Gasteiger partial charge in [-0.25, -0.2) is 4.98 Å². The molecule has 3 aromatic heterocycles. The first-order valence-electron chi connectivity index (χ1n) is 9.98. The van der Waals surface area contributed by atoms with Gasteiger partial charge in [-0.2, -0.15) is 0 Å². The highest BCUT2D eigenvalue weighted by Crippen LogP contribution is 2.35. The number of benzene rings is 1. The molecule has 0 fully saturated rings. The molecule has 10 heteroatoms. The molecule has 1 aliphatic rings. The summed E-state index contributed by atoms with van der Waals surface area (Å²) in [7, 11) is 1.67. The van der Waals surface area contributed by atoms with E-state index in [0.717, 1.165) is 46.0 Å². The summed E-state index contributed by atoms with van der Waals surface area (Å²) in [6.07, 6.45) is 3.15. The summed E-state index contributed by atoms with van der Waals surface area (Å²) >= 11 is 9.17. The fourth-order valence-corrected chi connectivity index (χ4v) is 6.08. The molecule has 160 valence electrons. The van der Waals surface area contributed by atoms with Gasteiger partial charge in [-0.1, -0.05) is 23.4 Å². The van der Waals surface area contributed by atoms with Crippen molar-refractivity contribution in [1.82, 2.24) is 24.7 Å². The van der Waals surface area contributed by atoms with Crippen LogP contribution in [0.25, 0.3) is 21.6 Å². The summed E-state index contributed by atoms with van der Waals surface area (Å²) in [6.45, 7) is 1.15. The Bertz CT molecular complexity index is 1300. The van der Waals surface area contributed by atoms with Gasteiger partial charge in [-0.3, -0.25) is 9.36 Å². The van der Waals surface area contributed by atoms with E-state index in [4.69, 9.17) is 21.3 Å². The molecule has 0 bridgehead atoms. The van der Waals surface area contributed by atoms with E-state index in [1.807, 2.05) is 28.8 Å². The number of hydrogen-bond acceptors (Lipinski definition) is 7. The highest BCUT2D eigenvalue weighted by molar-refractivity contribution is 7.98. The number of hydrogen-bond donors (Lipinski definition) is 1. The van der Waals surface area contributed by atoms with Crippen LogP contribution in [0.5, 0.6) is 0 Å². The van der Waals surface area contributed by atoms with Crippen molar-refractivity contribution in [2.75, 3.05) is 13.7 Å². The van der Waals surface area contributed by atoms with E-state index in [-0.39, 0.29) is 5.56 Å². The summed E-state index contributed by atoms with van der Waals surface area (Å²) in [5.74, 6) is 1.90. The van der Waals surface area contributed by atoms with E-state index in [1.165, 1.54) is 22.2 Å². The summed E-state index contributed by atoms with van der Waals surface area (Å²) in [5.41, 5.74) is 2.09. The van der Waals surface area contributed by atoms with Crippen LogP contribution in [-0.2, 0) is 29.9 Å². The molecule has 1 aromatic carbocycles. The Morgan fingerprint density at radius 3 is 2.90 bits per heavy atom. The standard InChI is InChI=1S/C21H20ClN5O2S2/c1-29-10-9-27-18(12-5-7-13(22)8-6-12)25-26-21(27)30-11-16-23-19(28)17-14-3-2-4-15(14)31-20(17)24-16/h5-8H,2-4,9-11H2,1H3,(H,23,24,28). The van der Waals surface area contributed by atoms with Crippen molar-refractivity contribution in [3.8, 4) is 11.4 Å². The van der Waals surface area contributed by atoms with Crippen molar-refractivity contribution in [2.45, 2.75) is 36.7 Å². The minimum absolute atomic E-state index is 0.0392. The molecule has 0 atom stereocenters. The van der Waals surface area contributed by atoms with Gasteiger partial charge in [0.05, 0.1) is 24.3 Å². The van der Waals surface area contributed by atoms with Gasteiger partial charge in [0.25, 0.3) is 5.56 Å². The molecule has 1 N–H and O–H groups in total. The number of methoxy groups -OCH3 is 1. The Labute approximate surface area is 191 Å².